The fraction of sp³-hybridized carbons (Fsp3) is 0.208. The van der Waals surface area contributed by atoms with Gasteiger partial charge in [0.15, 0.2) is 5.82 Å². The molecule has 5 rings (SSSR count). The average Bonchev–Trinajstić information content (AvgIpc) is 2.83. The Labute approximate surface area is 185 Å². The minimum absolute atomic E-state index is 0.0375. The summed E-state index contributed by atoms with van der Waals surface area (Å²) in [6.07, 6.45) is 3.24. The number of aromatic nitrogens is 4. The van der Waals surface area contributed by atoms with Gasteiger partial charge in [-0.3, -0.25) is 14.8 Å². The lowest BCUT2D eigenvalue weighted by Gasteiger charge is -2.35. The molecule has 1 amide bonds. The Balaban J connectivity index is 1.35. The lowest BCUT2D eigenvalue weighted by Crippen LogP contribution is -2.49. The molecule has 160 valence electrons. The van der Waals surface area contributed by atoms with Gasteiger partial charge in [0.05, 0.1) is 16.6 Å². The zero-order chi connectivity index (χ0) is 22.1. The molecule has 1 fully saturated rings. The Morgan fingerprint density at radius 2 is 1.72 bits per heavy atom. The number of phenols is 1. The molecule has 2 aromatic heterocycles. The minimum Gasteiger partial charge on any atom is -0.507 e. The third-order valence-corrected chi connectivity index (χ3v) is 5.61. The predicted octanol–water partition coefficient (Wildman–Crippen LogP) is 3.06. The summed E-state index contributed by atoms with van der Waals surface area (Å²) in [7, 11) is 0. The zero-order valence-electron chi connectivity index (χ0n) is 17.6. The second kappa shape index (κ2) is 8.22. The molecule has 8 heteroatoms. The number of benzene rings is 2. The summed E-state index contributed by atoms with van der Waals surface area (Å²) < 4.78 is 0. The van der Waals surface area contributed by atoms with E-state index in [1.165, 1.54) is 0 Å². The molecule has 0 radical (unpaired) electrons. The van der Waals surface area contributed by atoms with Crippen molar-refractivity contribution in [2.75, 3.05) is 31.1 Å². The molecule has 1 aliphatic heterocycles. The number of anilines is 1. The number of fused-ring (bicyclic) bond motifs is 1. The summed E-state index contributed by atoms with van der Waals surface area (Å²) in [6, 6.07) is 14.5. The molecule has 3 heterocycles. The number of hydrogen-bond donors (Lipinski definition) is 1. The van der Waals surface area contributed by atoms with E-state index >= 15 is 0 Å². The number of phenolic OH excluding ortho intramolecular Hbond substituents is 1. The van der Waals surface area contributed by atoms with Gasteiger partial charge in [-0.25, -0.2) is 9.97 Å². The number of rotatable bonds is 3. The maximum absolute atomic E-state index is 13.2. The highest BCUT2D eigenvalue weighted by atomic mass is 16.3. The second-order valence-electron chi connectivity index (χ2n) is 7.72. The summed E-state index contributed by atoms with van der Waals surface area (Å²) in [4.78, 5) is 35.0. The normalized spacial score (nSPS) is 14.0. The van der Waals surface area contributed by atoms with Crippen molar-refractivity contribution in [3.05, 3.63) is 72.2 Å². The van der Waals surface area contributed by atoms with Gasteiger partial charge in [0.1, 0.15) is 17.1 Å². The van der Waals surface area contributed by atoms with Gasteiger partial charge in [-0.15, -0.1) is 0 Å². The number of aromatic hydroxyl groups is 1. The van der Waals surface area contributed by atoms with Crippen molar-refractivity contribution >= 4 is 22.8 Å². The molecule has 1 saturated heterocycles. The Bertz CT molecular complexity index is 1300. The number of nitrogens with zero attached hydrogens (tertiary/aromatic N) is 6. The Kier molecular flexibility index (Phi) is 5.10. The maximum atomic E-state index is 13.2. The van der Waals surface area contributed by atoms with Crippen LogP contribution in [-0.2, 0) is 0 Å². The molecule has 8 nitrogen and oxygen atoms in total. The molecular weight excluding hydrogens is 404 g/mol. The van der Waals surface area contributed by atoms with Crippen molar-refractivity contribution in [1.82, 2.24) is 24.8 Å². The van der Waals surface area contributed by atoms with Gasteiger partial charge < -0.3 is 14.9 Å². The monoisotopic (exact) mass is 426 g/mol. The van der Waals surface area contributed by atoms with Gasteiger partial charge in [0.25, 0.3) is 5.91 Å². The molecule has 2 aromatic carbocycles. The molecule has 1 aliphatic rings. The largest absolute Gasteiger partial charge is 0.507 e. The summed E-state index contributed by atoms with van der Waals surface area (Å²) in [5.41, 5.74) is 3.33. The molecule has 0 spiro atoms. The van der Waals surface area contributed by atoms with Crippen LogP contribution in [0.3, 0.4) is 0 Å². The van der Waals surface area contributed by atoms with Crippen LogP contribution < -0.4 is 4.90 Å². The number of carbonyl (C=O) groups is 1. The number of amides is 1. The third-order valence-electron chi connectivity index (χ3n) is 5.61. The highest BCUT2D eigenvalue weighted by Gasteiger charge is 2.25. The Morgan fingerprint density at radius 1 is 0.938 bits per heavy atom. The van der Waals surface area contributed by atoms with E-state index in [-0.39, 0.29) is 11.7 Å². The summed E-state index contributed by atoms with van der Waals surface area (Å²) in [6.45, 7) is 4.36. The van der Waals surface area contributed by atoms with E-state index in [0.29, 0.717) is 54.2 Å². The number of carbonyl (C=O) groups excluding carboxylic acids is 1. The first-order valence-electron chi connectivity index (χ1n) is 10.5. The SMILES string of the molecule is Cc1cc(N2CCN(C(=O)c3cccc4nccnc34)CC2)nc(-c2ccccc2O)n1. The average molecular weight is 426 g/mol. The number of para-hydroxylation sites is 2. The van der Waals surface area contributed by atoms with Crippen LogP contribution in [0.1, 0.15) is 16.1 Å². The van der Waals surface area contributed by atoms with Gasteiger partial charge in [-0.05, 0) is 31.2 Å². The van der Waals surface area contributed by atoms with E-state index in [1.807, 2.05) is 36.1 Å². The van der Waals surface area contributed by atoms with Crippen LogP contribution in [-0.4, -0.2) is 62.0 Å². The van der Waals surface area contributed by atoms with Gasteiger partial charge in [0.2, 0.25) is 0 Å². The molecule has 0 aliphatic carbocycles. The van der Waals surface area contributed by atoms with Gasteiger partial charge >= 0.3 is 0 Å². The lowest BCUT2D eigenvalue weighted by atomic mass is 10.1. The van der Waals surface area contributed by atoms with Gasteiger partial charge in [-0.2, -0.15) is 0 Å². The second-order valence-corrected chi connectivity index (χ2v) is 7.72. The molecular formula is C24H22N6O2. The van der Waals surface area contributed by atoms with Crippen LogP contribution in [0.25, 0.3) is 22.4 Å². The third kappa shape index (κ3) is 3.71. The molecule has 1 N–H and O–H groups in total. The van der Waals surface area contributed by atoms with E-state index < -0.39 is 0 Å². The molecule has 0 saturated carbocycles. The van der Waals surface area contributed by atoms with Crippen molar-refractivity contribution in [3.8, 4) is 17.1 Å². The van der Waals surface area contributed by atoms with Crippen LogP contribution in [0.5, 0.6) is 5.75 Å². The smallest absolute Gasteiger partial charge is 0.256 e. The van der Waals surface area contributed by atoms with E-state index in [2.05, 4.69) is 19.9 Å². The van der Waals surface area contributed by atoms with Crippen molar-refractivity contribution in [3.63, 3.8) is 0 Å². The topological polar surface area (TPSA) is 95.3 Å². The molecule has 32 heavy (non-hydrogen) atoms. The number of hydrogen-bond acceptors (Lipinski definition) is 7. The molecule has 0 bridgehead atoms. The molecule has 4 aromatic rings. The highest BCUT2D eigenvalue weighted by molar-refractivity contribution is 6.04. The summed E-state index contributed by atoms with van der Waals surface area (Å²) >= 11 is 0. The van der Waals surface area contributed by atoms with Crippen molar-refractivity contribution in [1.29, 1.82) is 0 Å². The van der Waals surface area contributed by atoms with E-state index in [4.69, 9.17) is 4.98 Å². The van der Waals surface area contributed by atoms with Crippen LogP contribution in [0.2, 0.25) is 0 Å². The fourth-order valence-corrected chi connectivity index (χ4v) is 3.97. The minimum atomic E-state index is -0.0375. The molecule has 0 unspecified atom stereocenters. The maximum Gasteiger partial charge on any atom is 0.256 e. The quantitative estimate of drug-likeness (QED) is 0.538. The van der Waals surface area contributed by atoms with Gasteiger partial charge in [-0.1, -0.05) is 18.2 Å². The van der Waals surface area contributed by atoms with Crippen LogP contribution in [0.15, 0.2) is 60.9 Å². The van der Waals surface area contributed by atoms with Crippen LogP contribution >= 0.6 is 0 Å². The predicted molar refractivity (Wildman–Crippen MR) is 122 cm³/mol. The van der Waals surface area contributed by atoms with Crippen molar-refractivity contribution < 1.29 is 9.90 Å². The first-order chi connectivity index (χ1) is 15.6. The zero-order valence-corrected chi connectivity index (χ0v) is 17.6. The van der Waals surface area contributed by atoms with E-state index in [0.717, 1.165) is 11.5 Å². The lowest BCUT2D eigenvalue weighted by molar-refractivity contribution is 0.0748. The number of piperazine rings is 1. The summed E-state index contributed by atoms with van der Waals surface area (Å²) in [5, 5.41) is 10.2. The van der Waals surface area contributed by atoms with Crippen LogP contribution in [0, 0.1) is 6.92 Å². The first-order valence-corrected chi connectivity index (χ1v) is 10.5. The van der Waals surface area contributed by atoms with E-state index in [9.17, 15) is 9.90 Å². The van der Waals surface area contributed by atoms with Crippen molar-refractivity contribution in [2.24, 2.45) is 0 Å². The first kappa shape index (κ1) is 19.9. The van der Waals surface area contributed by atoms with Crippen molar-refractivity contribution in [2.45, 2.75) is 6.92 Å². The van der Waals surface area contributed by atoms with Gasteiger partial charge in [0, 0.05) is 50.3 Å². The standard InChI is InChI=1S/C24H22N6O2/c1-16-15-21(28-23(27-16)17-5-2-3-8-20(17)31)29-11-13-30(14-12-29)24(32)18-6-4-7-19-22(18)26-10-9-25-19/h2-10,15,31H,11-14H2,1H3. The fourth-order valence-electron chi connectivity index (χ4n) is 3.97. The Morgan fingerprint density at radius 3 is 2.53 bits per heavy atom. The van der Waals surface area contributed by atoms with E-state index in [1.54, 1.807) is 36.7 Å². The molecule has 0 atom stereocenters. The highest BCUT2D eigenvalue weighted by Crippen LogP contribution is 2.28. The summed E-state index contributed by atoms with van der Waals surface area (Å²) in [5.74, 6) is 1.40. The number of aryl methyl sites for hydroxylation is 1. The van der Waals surface area contributed by atoms with Crippen LogP contribution in [0.4, 0.5) is 5.82 Å². The Hall–Kier alpha value is -4.07.